The number of rotatable bonds is 1. The Hall–Kier alpha value is -2.23. The second-order valence-electron chi connectivity index (χ2n) is 3.27. The Labute approximate surface area is 86.1 Å². The number of para-hydroxylation sites is 1. The van der Waals surface area contributed by atoms with E-state index in [0.29, 0.717) is 5.82 Å². The first-order valence-corrected chi connectivity index (χ1v) is 4.65. The second kappa shape index (κ2) is 2.88. The number of hydrogen-bond donors (Lipinski definition) is 0. The van der Waals surface area contributed by atoms with Gasteiger partial charge in [-0.1, -0.05) is 22.9 Å². The van der Waals surface area contributed by atoms with Gasteiger partial charge >= 0.3 is 6.03 Å². The molecule has 0 saturated heterocycles. The summed E-state index contributed by atoms with van der Waals surface area (Å²) < 4.78 is 2.92. The summed E-state index contributed by atoms with van der Waals surface area (Å²) in [6.45, 7) is 0. The second-order valence-corrected chi connectivity index (χ2v) is 3.27. The highest BCUT2D eigenvalue weighted by Gasteiger charge is 2.32. The number of carbonyl (C=O) groups excluding carboxylic acids is 1. The van der Waals surface area contributed by atoms with Crippen LogP contribution in [0.2, 0.25) is 0 Å². The van der Waals surface area contributed by atoms with Crippen LogP contribution in [0.4, 0.5) is 16.3 Å². The van der Waals surface area contributed by atoms with Crippen LogP contribution in [0, 0.1) is 0 Å². The van der Waals surface area contributed by atoms with Crippen LogP contribution in [0.3, 0.4) is 0 Å². The number of aromatic nitrogens is 1. The third-order valence-electron chi connectivity index (χ3n) is 2.32. The zero-order chi connectivity index (χ0) is 10.3. The molecule has 1 amide bonds. The van der Waals surface area contributed by atoms with Crippen molar-refractivity contribution in [3.63, 3.8) is 0 Å². The van der Waals surface area contributed by atoms with Gasteiger partial charge in [0.2, 0.25) is 0 Å². The predicted octanol–water partition coefficient (Wildman–Crippen LogP) is 2.90. The average molecular weight is 198 g/mol. The fourth-order valence-corrected chi connectivity index (χ4v) is 1.60. The summed E-state index contributed by atoms with van der Waals surface area (Å²) >= 11 is 0. The molecule has 15 heavy (non-hydrogen) atoms. The van der Waals surface area contributed by atoms with E-state index in [-0.39, 0.29) is 6.03 Å². The summed E-state index contributed by atoms with van der Waals surface area (Å²) in [5.41, 5.74) is 0.784. The van der Waals surface area contributed by atoms with E-state index >= 15 is 0 Å². The van der Waals surface area contributed by atoms with Gasteiger partial charge in [0.15, 0.2) is 5.69 Å². The maximum atomic E-state index is 11.9. The lowest BCUT2D eigenvalue weighted by atomic mass is 10.3. The molecule has 0 atom stereocenters. The molecular formula is C11H8N3O+. The maximum Gasteiger partial charge on any atom is 0.530 e. The molecule has 4 nitrogen and oxygen atoms in total. The number of carbonyl (C=O) groups is 1. The van der Waals surface area contributed by atoms with Crippen molar-refractivity contribution < 1.29 is 9.49 Å². The van der Waals surface area contributed by atoms with E-state index in [9.17, 15) is 4.79 Å². The van der Waals surface area contributed by atoms with Gasteiger partial charge in [0.25, 0.3) is 5.82 Å². The minimum absolute atomic E-state index is 0.138. The van der Waals surface area contributed by atoms with E-state index < -0.39 is 0 Å². The molecule has 4 heteroatoms. The zero-order valence-electron chi connectivity index (χ0n) is 7.87. The topological polar surface area (TPSA) is 37.4 Å². The van der Waals surface area contributed by atoms with Crippen molar-refractivity contribution in [2.24, 2.45) is 5.11 Å². The molecule has 0 unspecified atom stereocenters. The smallest absolute Gasteiger partial charge is 0.194 e. The Morgan fingerprint density at radius 2 is 1.87 bits per heavy atom. The molecule has 0 radical (unpaired) electrons. The average Bonchev–Trinajstić information content (AvgIpc) is 2.83. The highest BCUT2D eigenvalue weighted by atomic mass is 16.2. The summed E-state index contributed by atoms with van der Waals surface area (Å²) in [6.07, 6.45) is 1.71. The minimum atomic E-state index is -0.138. The van der Waals surface area contributed by atoms with Crippen molar-refractivity contribution in [2.45, 2.75) is 0 Å². The van der Waals surface area contributed by atoms with Crippen molar-refractivity contribution in [3.05, 3.63) is 48.7 Å². The monoisotopic (exact) mass is 198 g/mol. The Morgan fingerprint density at radius 3 is 2.60 bits per heavy atom. The van der Waals surface area contributed by atoms with Crippen LogP contribution in [0.5, 0.6) is 0 Å². The molecule has 0 fully saturated rings. The van der Waals surface area contributed by atoms with Crippen molar-refractivity contribution in [1.29, 1.82) is 0 Å². The molecule has 1 aliphatic rings. The quantitative estimate of drug-likeness (QED) is 0.649. The summed E-state index contributed by atoms with van der Waals surface area (Å²) in [6, 6.07) is 12.9. The van der Waals surface area contributed by atoms with E-state index in [2.05, 4.69) is 5.11 Å². The van der Waals surface area contributed by atoms with E-state index in [1.807, 2.05) is 30.3 Å². The normalized spacial score (nSPS) is 13.9. The Bertz CT molecular complexity index is 554. The van der Waals surface area contributed by atoms with Crippen LogP contribution in [0.25, 0.3) is 0 Å². The van der Waals surface area contributed by atoms with Crippen molar-refractivity contribution >= 4 is 17.5 Å². The van der Waals surface area contributed by atoms with Crippen LogP contribution in [0.15, 0.2) is 53.8 Å². The molecule has 2 heterocycles. The molecule has 0 aliphatic carbocycles. The molecule has 0 bridgehead atoms. The Morgan fingerprint density at radius 1 is 1.07 bits per heavy atom. The first-order chi connectivity index (χ1) is 7.36. The lowest BCUT2D eigenvalue weighted by Gasteiger charge is -1.93. The lowest BCUT2D eigenvalue weighted by molar-refractivity contribution is -0.398. The maximum absolute atomic E-state index is 11.9. The third-order valence-corrected chi connectivity index (χ3v) is 2.32. The molecule has 0 N–H and O–H groups in total. The van der Waals surface area contributed by atoms with E-state index in [0.717, 1.165) is 5.69 Å². The van der Waals surface area contributed by atoms with Crippen LogP contribution in [-0.2, 0) is 0 Å². The molecule has 0 spiro atoms. The van der Waals surface area contributed by atoms with Crippen LogP contribution >= 0.6 is 0 Å². The van der Waals surface area contributed by atoms with E-state index in [1.54, 1.807) is 18.3 Å². The predicted molar refractivity (Wildman–Crippen MR) is 53.7 cm³/mol. The molecule has 1 aliphatic heterocycles. The summed E-state index contributed by atoms with van der Waals surface area (Å²) in [7, 11) is 0. The lowest BCUT2D eigenvalue weighted by Crippen LogP contribution is -2.14. The van der Waals surface area contributed by atoms with Gasteiger partial charge in [-0.25, -0.2) is 0 Å². The van der Waals surface area contributed by atoms with Crippen LogP contribution in [-0.4, -0.2) is 15.3 Å². The first-order valence-electron chi connectivity index (χ1n) is 4.65. The fourth-order valence-electron chi connectivity index (χ4n) is 1.60. The Kier molecular flexibility index (Phi) is 1.56. The molecule has 0 saturated carbocycles. The number of nitrogens with zero attached hydrogens (tertiary/aromatic N) is 3. The molecule has 1 aromatic carbocycles. The molecule has 1 aromatic heterocycles. The van der Waals surface area contributed by atoms with Crippen LogP contribution < -0.4 is 0 Å². The SMILES string of the molecule is O=C1n2cccc2N=[N+]1c1ccccc1. The summed E-state index contributed by atoms with van der Waals surface area (Å²) in [5, 5.41) is 4.21. The third kappa shape index (κ3) is 1.11. The van der Waals surface area contributed by atoms with Gasteiger partial charge in [0, 0.05) is 6.07 Å². The first kappa shape index (κ1) is 8.11. The van der Waals surface area contributed by atoms with Crippen molar-refractivity contribution in [2.75, 3.05) is 0 Å². The van der Waals surface area contributed by atoms with Gasteiger partial charge in [-0.2, -0.15) is 4.79 Å². The highest BCUT2D eigenvalue weighted by molar-refractivity contribution is 5.76. The van der Waals surface area contributed by atoms with Crippen molar-refractivity contribution in [1.82, 2.24) is 4.57 Å². The molecule has 2 aromatic rings. The highest BCUT2D eigenvalue weighted by Crippen LogP contribution is 2.25. The number of azo groups is 2. The largest absolute Gasteiger partial charge is 0.530 e. The van der Waals surface area contributed by atoms with Gasteiger partial charge in [0.1, 0.15) is 6.20 Å². The number of benzene rings is 1. The Balaban J connectivity index is 2.12. The molecular weight excluding hydrogens is 190 g/mol. The van der Waals surface area contributed by atoms with Gasteiger partial charge in [-0.3, -0.25) is 0 Å². The molecule has 3 rings (SSSR count). The van der Waals surface area contributed by atoms with Gasteiger partial charge in [-0.15, -0.1) is 4.57 Å². The standard InChI is InChI=1S/C11H8N3O/c15-11-13-8-4-7-10(13)12-14(11)9-5-2-1-3-6-9/h1-8H/q+1. The summed E-state index contributed by atoms with van der Waals surface area (Å²) in [4.78, 5) is 11.9. The van der Waals surface area contributed by atoms with Crippen molar-refractivity contribution in [3.8, 4) is 0 Å². The van der Waals surface area contributed by atoms with Gasteiger partial charge in [0.05, 0.1) is 0 Å². The van der Waals surface area contributed by atoms with E-state index in [4.69, 9.17) is 0 Å². The zero-order valence-corrected chi connectivity index (χ0v) is 7.87. The van der Waals surface area contributed by atoms with Crippen LogP contribution in [0.1, 0.15) is 0 Å². The fraction of sp³-hybridized carbons (Fsp3) is 0. The number of fused-ring (bicyclic) bond motifs is 1. The molecule has 72 valence electrons. The van der Waals surface area contributed by atoms with E-state index in [1.165, 1.54) is 9.26 Å². The number of hydrogen-bond acceptors (Lipinski definition) is 2. The number of amides is 1. The van der Waals surface area contributed by atoms with Gasteiger partial charge < -0.3 is 0 Å². The van der Waals surface area contributed by atoms with Gasteiger partial charge in [-0.05, 0) is 23.3 Å². The summed E-state index contributed by atoms with van der Waals surface area (Å²) in [5.74, 6) is 0.670. The minimum Gasteiger partial charge on any atom is -0.194 e.